The van der Waals surface area contributed by atoms with Crippen molar-refractivity contribution in [1.82, 2.24) is 0 Å². The van der Waals surface area contributed by atoms with Gasteiger partial charge in [-0.25, -0.2) is 0 Å². The summed E-state index contributed by atoms with van der Waals surface area (Å²) in [5.41, 5.74) is -6.29. The van der Waals surface area contributed by atoms with Crippen molar-refractivity contribution >= 4 is 23.1 Å². The first kappa shape index (κ1) is 49.1. The minimum atomic E-state index is -3.11. The van der Waals surface area contributed by atoms with Gasteiger partial charge < -0.3 is 102 Å². The van der Waals surface area contributed by atoms with Gasteiger partial charge >= 0.3 is 0 Å². The third kappa shape index (κ3) is 11.1. The summed E-state index contributed by atoms with van der Waals surface area (Å²) < 4.78 is 0. The fraction of sp³-hybridized carbons (Fsp3) is 0.667. The molecule has 0 unspecified atom stereocenters. The lowest BCUT2D eigenvalue weighted by atomic mass is 9.82. The van der Waals surface area contributed by atoms with E-state index in [0.717, 1.165) is 0 Å². The van der Waals surface area contributed by atoms with E-state index in [-0.39, 0.29) is 6.07 Å². The zero-order valence-corrected chi connectivity index (χ0v) is 27.7. The molecule has 24 heteroatoms. The number of carbonyl (C=O) groups is 4. The van der Waals surface area contributed by atoms with E-state index in [4.69, 9.17) is 20.4 Å². The molecule has 0 amide bonds. The van der Waals surface area contributed by atoms with E-state index >= 15 is 0 Å². The Kier molecular flexibility index (Phi) is 19.5. The smallest absolute Gasteiger partial charge is 0.195 e. The minimum Gasteiger partial charge on any atom is -0.394 e. The number of Topliss-reactive ketones (excluding diaryl/α,β-unsaturated/α-hetero) is 4. The van der Waals surface area contributed by atoms with Crippen LogP contribution in [0.2, 0.25) is 0 Å². The van der Waals surface area contributed by atoms with Crippen LogP contribution in [0, 0.1) is 6.07 Å². The van der Waals surface area contributed by atoms with Crippen molar-refractivity contribution in [3.05, 3.63) is 34.4 Å². The molecule has 0 bridgehead atoms. The molecule has 309 valence electrons. The van der Waals surface area contributed by atoms with Crippen molar-refractivity contribution in [3.8, 4) is 0 Å². The molecule has 0 spiro atoms. The van der Waals surface area contributed by atoms with Crippen molar-refractivity contribution in [2.75, 3.05) is 26.4 Å². The molecule has 20 N–H and O–H groups in total. The topological polar surface area (TPSA) is 473 Å². The molecule has 1 aromatic carbocycles. The van der Waals surface area contributed by atoms with E-state index in [1.165, 1.54) is 0 Å². The van der Waals surface area contributed by atoms with E-state index < -0.39 is 169 Å². The van der Waals surface area contributed by atoms with Crippen LogP contribution in [0.15, 0.2) is 6.07 Å². The van der Waals surface area contributed by atoms with Crippen molar-refractivity contribution in [1.29, 1.82) is 0 Å². The normalized spacial score (nSPS) is 21.1. The van der Waals surface area contributed by atoms with Crippen LogP contribution in [0.5, 0.6) is 0 Å². The Morgan fingerprint density at radius 3 is 1.00 bits per heavy atom. The number of aliphatic hydroxyl groups excluding tert-OH is 20. The Morgan fingerprint density at radius 2 is 0.685 bits per heavy atom. The SMILES string of the molecule is O=C(c1[c]c(C(=O)[C@H](O)[C@@H](O)[C@H](O)[C@H](O)CO)c(C(=O)[C@H](O)[C@@H](O)[C@H](O)[C@H](O)CO)c(C(=O)[C@H](O)[C@@H](O)[C@H](O)[C@H](O)CO)c1)[C@H](O)[C@@H](O)[C@H](O)[C@H](O)CO. The summed E-state index contributed by atoms with van der Waals surface area (Å²) in [6.45, 7) is -5.13. The van der Waals surface area contributed by atoms with Crippen molar-refractivity contribution in [3.63, 3.8) is 0 Å². The van der Waals surface area contributed by atoms with Crippen LogP contribution in [-0.2, 0) is 0 Å². The van der Waals surface area contributed by atoms with Gasteiger partial charge in [0, 0.05) is 28.3 Å². The van der Waals surface area contributed by atoms with E-state index in [1.807, 2.05) is 0 Å². The van der Waals surface area contributed by atoms with Gasteiger partial charge in [0.05, 0.1) is 26.4 Å². The second-order valence-electron chi connectivity index (χ2n) is 12.0. The van der Waals surface area contributed by atoms with E-state index in [9.17, 15) is 101 Å². The van der Waals surface area contributed by atoms with Crippen molar-refractivity contribution in [2.45, 2.75) is 97.7 Å². The number of hydrogen-bond acceptors (Lipinski definition) is 24. The quantitative estimate of drug-likeness (QED) is 0.0432. The van der Waals surface area contributed by atoms with Crippen LogP contribution >= 0.6 is 0 Å². The molecule has 0 aliphatic rings. The van der Waals surface area contributed by atoms with E-state index in [1.54, 1.807) is 6.07 Å². The first-order valence-electron chi connectivity index (χ1n) is 15.6. The molecule has 0 aliphatic carbocycles. The standard InChI is InChI=1S/C30H45O24/c31-3-10(35)18(42)26(50)23(47)15(39)7-1-8(16(40)24(48)27(51)19(43)11(36)4-32)14(22(46)30(54)29(53)21(45)13(38)6-34)9(2-7)17(41)25(49)28(52)20(44)12(37)5-33/h1,10-13,18-21,23-38,42-45,47-54H,3-6H2/t10-,11-,12-,13-,18-,19-,20-,21-,23+,24+,25+,26+,27+,28+,29+,30+/m1/s1. The second kappa shape index (κ2) is 21.4. The Hall–Kier alpha value is -2.90. The Bertz CT molecular complexity index is 1350. The summed E-state index contributed by atoms with van der Waals surface area (Å²) in [6.07, 6.45) is -42.7. The number of rotatable bonds is 24. The average molecular weight is 790 g/mol. The van der Waals surface area contributed by atoms with Gasteiger partial charge in [-0.05, 0) is 6.07 Å². The van der Waals surface area contributed by atoms with Crippen molar-refractivity contribution < 1.29 is 121 Å². The number of benzene rings is 1. The van der Waals surface area contributed by atoms with Crippen LogP contribution in [-0.4, -0.2) is 249 Å². The van der Waals surface area contributed by atoms with Crippen LogP contribution in [0.25, 0.3) is 0 Å². The zero-order valence-electron chi connectivity index (χ0n) is 27.7. The molecule has 0 fully saturated rings. The molecule has 1 rings (SSSR count). The number of carbonyl (C=O) groups excluding carboxylic acids is 4. The first-order chi connectivity index (χ1) is 25.0. The third-order valence-electron chi connectivity index (χ3n) is 8.18. The number of hydrogen-bond donors (Lipinski definition) is 20. The fourth-order valence-corrected chi connectivity index (χ4v) is 4.68. The lowest BCUT2D eigenvalue weighted by molar-refractivity contribution is -0.106. The van der Waals surface area contributed by atoms with Crippen LogP contribution in [0.4, 0.5) is 0 Å². The summed E-state index contributed by atoms with van der Waals surface area (Å²) >= 11 is 0. The van der Waals surface area contributed by atoms with Crippen LogP contribution < -0.4 is 0 Å². The van der Waals surface area contributed by atoms with Gasteiger partial charge in [-0.3, -0.25) is 19.2 Å². The first-order valence-corrected chi connectivity index (χ1v) is 15.6. The van der Waals surface area contributed by atoms with Gasteiger partial charge in [0.1, 0.15) is 97.7 Å². The predicted molar refractivity (Wildman–Crippen MR) is 167 cm³/mol. The van der Waals surface area contributed by atoms with Crippen LogP contribution in [0.3, 0.4) is 0 Å². The summed E-state index contributed by atoms with van der Waals surface area (Å²) in [7, 11) is 0. The van der Waals surface area contributed by atoms with Gasteiger partial charge in [0.15, 0.2) is 23.1 Å². The van der Waals surface area contributed by atoms with E-state index in [0.29, 0.717) is 0 Å². The molecule has 16 atom stereocenters. The van der Waals surface area contributed by atoms with Crippen LogP contribution in [0.1, 0.15) is 41.4 Å². The fourth-order valence-electron chi connectivity index (χ4n) is 4.68. The number of ketones is 4. The maximum Gasteiger partial charge on any atom is 0.195 e. The second-order valence-corrected chi connectivity index (χ2v) is 12.0. The average Bonchev–Trinajstić information content (AvgIpc) is 3.19. The summed E-state index contributed by atoms with van der Waals surface area (Å²) in [5.74, 6) is -8.24. The Morgan fingerprint density at radius 1 is 0.407 bits per heavy atom. The van der Waals surface area contributed by atoms with Gasteiger partial charge in [-0.1, -0.05) is 0 Å². The Balaban J connectivity index is 4.32. The molecule has 0 heterocycles. The highest BCUT2D eigenvalue weighted by Crippen LogP contribution is 2.28. The molecule has 1 radical (unpaired) electrons. The molecule has 0 saturated carbocycles. The molecule has 24 nitrogen and oxygen atoms in total. The van der Waals surface area contributed by atoms with E-state index in [2.05, 4.69) is 0 Å². The minimum absolute atomic E-state index is 0.121. The number of aliphatic hydroxyl groups is 20. The largest absolute Gasteiger partial charge is 0.394 e. The van der Waals surface area contributed by atoms with Crippen molar-refractivity contribution in [2.24, 2.45) is 0 Å². The Labute approximate surface area is 303 Å². The predicted octanol–water partition coefficient (Wildman–Crippen LogP) is -12.0. The third-order valence-corrected chi connectivity index (χ3v) is 8.18. The highest BCUT2D eigenvalue weighted by atomic mass is 16.4. The maximum absolute atomic E-state index is 13.8. The molecule has 0 aliphatic heterocycles. The summed E-state index contributed by atoms with van der Waals surface area (Å²) in [5, 5.41) is 199. The highest BCUT2D eigenvalue weighted by molar-refractivity contribution is 6.20. The lowest BCUT2D eigenvalue weighted by Gasteiger charge is -2.29. The van der Waals surface area contributed by atoms with Gasteiger partial charge in [0.25, 0.3) is 0 Å². The molecule has 0 aromatic heterocycles. The lowest BCUT2D eigenvalue weighted by Crippen LogP contribution is -2.51. The van der Waals surface area contributed by atoms with Gasteiger partial charge in [-0.2, -0.15) is 0 Å². The highest BCUT2D eigenvalue weighted by Gasteiger charge is 2.44. The molecular weight excluding hydrogens is 744 g/mol. The summed E-state index contributed by atoms with van der Waals surface area (Å²) in [6, 6.07) is 1.91. The maximum atomic E-state index is 13.8. The molecule has 0 saturated heterocycles. The molecular formula is C30H45O24. The summed E-state index contributed by atoms with van der Waals surface area (Å²) in [4.78, 5) is 54.5. The molecule has 1 aromatic rings. The zero-order chi connectivity index (χ0) is 42.1. The molecule has 54 heavy (non-hydrogen) atoms. The monoisotopic (exact) mass is 789 g/mol. The van der Waals surface area contributed by atoms with Gasteiger partial charge in [0.2, 0.25) is 0 Å². The van der Waals surface area contributed by atoms with Gasteiger partial charge in [-0.15, -0.1) is 0 Å².